The Balaban J connectivity index is 0.000000323. The SMILES string of the molecule is CNC(=O)CCC(C=O)N(C)C=O.CNCCCCCC(=O)N1CCN(C(c2ccccc2)c2ccccc2)CC1.Cc1c(C=O)cccc1OCC=O. The first-order chi connectivity index (χ1) is 26.2. The molecule has 3 amide bonds. The molecule has 54 heavy (non-hydrogen) atoms. The maximum Gasteiger partial charge on any atom is 0.222 e. The monoisotopic (exact) mass is 743 g/mol. The third-order valence-corrected chi connectivity index (χ3v) is 9.13. The second-order valence-corrected chi connectivity index (χ2v) is 12.8. The van der Waals surface area contributed by atoms with Crippen molar-refractivity contribution < 1.29 is 33.5 Å². The number of hydrogen-bond acceptors (Lipinski definition) is 9. The zero-order valence-corrected chi connectivity index (χ0v) is 32.2. The van der Waals surface area contributed by atoms with Crippen molar-refractivity contribution in [3.63, 3.8) is 0 Å². The average Bonchev–Trinajstić information content (AvgIpc) is 3.22. The summed E-state index contributed by atoms with van der Waals surface area (Å²) in [7, 11) is 5.01. The van der Waals surface area contributed by atoms with E-state index in [1.807, 2.05) is 7.05 Å². The van der Waals surface area contributed by atoms with Gasteiger partial charge in [-0.05, 0) is 57.0 Å². The van der Waals surface area contributed by atoms with Crippen LogP contribution in [0.25, 0.3) is 0 Å². The fourth-order valence-electron chi connectivity index (χ4n) is 5.92. The van der Waals surface area contributed by atoms with Crippen molar-refractivity contribution in [3.8, 4) is 5.75 Å². The summed E-state index contributed by atoms with van der Waals surface area (Å²) in [6.45, 7) is 6.32. The Morgan fingerprint density at radius 2 is 1.44 bits per heavy atom. The molecule has 0 bridgehead atoms. The van der Waals surface area contributed by atoms with E-state index < -0.39 is 6.04 Å². The van der Waals surface area contributed by atoms with Crippen molar-refractivity contribution in [2.45, 2.75) is 57.5 Å². The molecule has 1 heterocycles. The van der Waals surface area contributed by atoms with Crippen LogP contribution in [0.3, 0.4) is 0 Å². The third kappa shape index (κ3) is 15.8. The molecule has 12 heteroatoms. The summed E-state index contributed by atoms with van der Waals surface area (Å²) in [5, 5.41) is 5.60. The van der Waals surface area contributed by atoms with Gasteiger partial charge in [-0.25, -0.2) is 0 Å². The minimum absolute atomic E-state index is 0.0170. The standard InChI is InChI=1S/C24H33N3O.C10H10O3.C8H14N2O3/c1-25-16-10-4-9-15-23(28)26-17-19-27(20-18-26)24(21-11-5-2-6-12-21)22-13-7-3-8-14-22;1-8-9(7-12)3-2-4-10(8)13-6-5-11;1-9-8(13)4-3-7(5-11)10(2)6-12/h2-3,5-8,11-14,24-25H,4,9-10,15-20H2,1H3;2-5,7H,6H2,1H3;5-7H,3-4H2,1-2H3,(H,9,13). The van der Waals surface area contributed by atoms with Crippen molar-refractivity contribution in [1.29, 1.82) is 0 Å². The predicted octanol–water partition coefficient (Wildman–Crippen LogP) is 4.25. The molecule has 3 aromatic rings. The van der Waals surface area contributed by atoms with Gasteiger partial charge in [0, 0.05) is 64.2 Å². The molecule has 2 N–H and O–H groups in total. The topological polar surface area (TPSA) is 145 Å². The molecule has 1 unspecified atom stereocenters. The summed E-state index contributed by atoms with van der Waals surface area (Å²) >= 11 is 0. The van der Waals surface area contributed by atoms with E-state index in [0.29, 0.717) is 49.0 Å². The Bertz CT molecular complexity index is 1510. The summed E-state index contributed by atoms with van der Waals surface area (Å²) < 4.78 is 5.10. The van der Waals surface area contributed by atoms with Crippen LogP contribution in [-0.2, 0) is 24.0 Å². The van der Waals surface area contributed by atoms with E-state index in [2.05, 4.69) is 81.1 Å². The number of carbonyl (C=O) groups is 6. The molecule has 4 rings (SSSR count). The van der Waals surface area contributed by atoms with Gasteiger partial charge in [0.25, 0.3) is 0 Å². The summed E-state index contributed by atoms with van der Waals surface area (Å²) in [5.74, 6) is 0.767. The highest BCUT2D eigenvalue weighted by Crippen LogP contribution is 2.29. The second-order valence-electron chi connectivity index (χ2n) is 12.8. The van der Waals surface area contributed by atoms with E-state index in [1.165, 1.54) is 30.1 Å². The molecule has 292 valence electrons. The maximum atomic E-state index is 12.5. The van der Waals surface area contributed by atoms with Crippen LogP contribution in [0.2, 0.25) is 0 Å². The van der Waals surface area contributed by atoms with Gasteiger partial charge in [-0.1, -0.05) is 79.2 Å². The molecule has 1 saturated heterocycles. The van der Waals surface area contributed by atoms with Gasteiger partial charge in [-0.15, -0.1) is 0 Å². The lowest BCUT2D eigenvalue weighted by Crippen LogP contribution is -2.49. The van der Waals surface area contributed by atoms with E-state index in [0.717, 1.165) is 63.8 Å². The van der Waals surface area contributed by atoms with E-state index in [1.54, 1.807) is 25.1 Å². The first-order valence-electron chi connectivity index (χ1n) is 18.4. The van der Waals surface area contributed by atoms with Crippen molar-refractivity contribution in [1.82, 2.24) is 25.3 Å². The molecule has 0 aromatic heterocycles. The summed E-state index contributed by atoms with van der Waals surface area (Å²) in [6, 6.07) is 26.3. The number of likely N-dealkylation sites (N-methyl/N-ethyl adjacent to an activating group) is 1. The second kappa shape index (κ2) is 26.5. The molecule has 1 atom stereocenters. The summed E-state index contributed by atoms with van der Waals surface area (Å²) in [6.07, 6.45) is 7.23. The number of amides is 3. The molecule has 0 saturated carbocycles. The normalized spacial score (nSPS) is 12.9. The van der Waals surface area contributed by atoms with Crippen LogP contribution in [0.4, 0.5) is 0 Å². The maximum absolute atomic E-state index is 12.5. The number of ether oxygens (including phenoxy) is 1. The predicted molar refractivity (Wildman–Crippen MR) is 210 cm³/mol. The van der Waals surface area contributed by atoms with Crippen LogP contribution in [0, 0.1) is 6.92 Å². The van der Waals surface area contributed by atoms with Crippen molar-refractivity contribution >= 4 is 37.1 Å². The largest absolute Gasteiger partial charge is 0.486 e. The van der Waals surface area contributed by atoms with E-state index >= 15 is 0 Å². The molecule has 1 fully saturated rings. The van der Waals surface area contributed by atoms with Crippen molar-refractivity contribution in [3.05, 3.63) is 101 Å². The number of carbonyl (C=O) groups excluding carboxylic acids is 6. The minimum atomic E-state index is -0.505. The van der Waals surface area contributed by atoms with E-state index in [4.69, 9.17) is 4.74 Å². The quantitative estimate of drug-likeness (QED) is 0.136. The van der Waals surface area contributed by atoms with Gasteiger partial charge >= 0.3 is 0 Å². The summed E-state index contributed by atoms with van der Waals surface area (Å²) in [4.78, 5) is 70.5. The molecular weight excluding hydrogens is 686 g/mol. The fourth-order valence-corrected chi connectivity index (χ4v) is 5.92. The van der Waals surface area contributed by atoms with Gasteiger partial charge in [-0.3, -0.25) is 28.9 Å². The number of hydrogen-bond donors (Lipinski definition) is 2. The lowest BCUT2D eigenvalue weighted by Gasteiger charge is -2.40. The van der Waals surface area contributed by atoms with Crippen molar-refractivity contribution in [2.75, 3.05) is 60.5 Å². The first kappa shape index (κ1) is 45.0. The number of piperazine rings is 1. The zero-order chi connectivity index (χ0) is 39.6. The lowest BCUT2D eigenvalue weighted by atomic mass is 9.96. The van der Waals surface area contributed by atoms with Crippen LogP contribution in [0.15, 0.2) is 78.9 Å². The van der Waals surface area contributed by atoms with Crippen LogP contribution < -0.4 is 15.4 Å². The van der Waals surface area contributed by atoms with Crippen LogP contribution >= 0.6 is 0 Å². The highest BCUT2D eigenvalue weighted by molar-refractivity contribution is 5.78. The van der Waals surface area contributed by atoms with Gasteiger partial charge in [0.2, 0.25) is 18.2 Å². The number of rotatable bonds is 19. The smallest absolute Gasteiger partial charge is 0.222 e. The Hall–Kier alpha value is -5.20. The van der Waals surface area contributed by atoms with Crippen LogP contribution in [-0.4, -0.2) is 118 Å². The van der Waals surface area contributed by atoms with Crippen LogP contribution in [0.5, 0.6) is 5.75 Å². The van der Waals surface area contributed by atoms with Crippen molar-refractivity contribution in [2.24, 2.45) is 0 Å². The summed E-state index contributed by atoms with van der Waals surface area (Å²) in [5.41, 5.74) is 3.98. The Kier molecular flexibility index (Phi) is 22.1. The zero-order valence-electron chi connectivity index (χ0n) is 32.2. The molecular formula is C42H57N5O7. The molecule has 12 nitrogen and oxygen atoms in total. The number of benzene rings is 3. The molecule has 1 aliphatic rings. The number of nitrogens with zero attached hydrogens (tertiary/aromatic N) is 3. The van der Waals surface area contributed by atoms with Gasteiger partial charge in [0.05, 0.1) is 12.1 Å². The Labute approximate surface area is 320 Å². The molecule has 0 aliphatic carbocycles. The lowest BCUT2D eigenvalue weighted by molar-refractivity contribution is -0.133. The molecule has 1 aliphatic heterocycles. The van der Waals surface area contributed by atoms with Gasteiger partial charge in [0.1, 0.15) is 24.9 Å². The third-order valence-electron chi connectivity index (χ3n) is 9.13. The first-order valence-corrected chi connectivity index (χ1v) is 18.4. The molecule has 3 aromatic carbocycles. The highest BCUT2D eigenvalue weighted by Gasteiger charge is 2.27. The van der Waals surface area contributed by atoms with Gasteiger partial charge in [-0.2, -0.15) is 0 Å². The average molecular weight is 744 g/mol. The fraction of sp³-hybridized carbons (Fsp3) is 0.429. The van der Waals surface area contributed by atoms with Crippen LogP contribution in [0.1, 0.15) is 71.6 Å². The van der Waals surface area contributed by atoms with Gasteiger partial charge < -0.3 is 30.0 Å². The Morgan fingerprint density at radius 3 is 1.96 bits per heavy atom. The van der Waals surface area contributed by atoms with E-state index in [-0.39, 0.29) is 25.0 Å². The van der Waals surface area contributed by atoms with Gasteiger partial charge in [0.15, 0.2) is 6.29 Å². The molecule has 0 radical (unpaired) electrons. The Morgan fingerprint density at radius 1 is 0.815 bits per heavy atom. The van der Waals surface area contributed by atoms with E-state index in [9.17, 15) is 28.8 Å². The number of aldehydes is 3. The number of unbranched alkanes of at least 4 members (excludes halogenated alkanes) is 2. The number of nitrogens with one attached hydrogen (secondary N) is 2. The molecule has 0 spiro atoms. The minimum Gasteiger partial charge on any atom is -0.486 e. The highest BCUT2D eigenvalue weighted by atomic mass is 16.5.